The van der Waals surface area contributed by atoms with E-state index in [-0.39, 0.29) is 11.8 Å². The number of amides is 1. The predicted octanol–water partition coefficient (Wildman–Crippen LogP) is 5.89. The third-order valence-corrected chi connectivity index (χ3v) is 6.39. The smallest absolute Gasteiger partial charge is 0.227 e. The number of hydrogen-bond donors (Lipinski definition) is 0. The molecule has 3 aromatic carbocycles. The first-order valence-electron chi connectivity index (χ1n) is 11.0. The molecular weight excluding hydrogens is 448 g/mol. The van der Waals surface area contributed by atoms with Crippen molar-refractivity contribution in [3.05, 3.63) is 106 Å². The Morgan fingerprint density at radius 1 is 0.871 bits per heavy atom. The second-order valence-electron chi connectivity index (χ2n) is 8.37. The van der Waals surface area contributed by atoms with E-state index in [0.29, 0.717) is 13.1 Å². The molecule has 0 radical (unpaired) electrons. The van der Waals surface area contributed by atoms with E-state index in [2.05, 4.69) is 69.4 Å². The zero-order chi connectivity index (χ0) is 21.5. The summed E-state index contributed by atoms with van der Waals surface area (Å²) in [6, 6.07) is 29.1. The number of benzene rings is 3. The van der Waals surface area contributed by atoms with Crippen LogP contribution >= 0.6 is 15.9 Å². The highest BCUT2D eigenvalue weighted by molar-refractivity contribution is 9.10. The van der Waals surface area contributed by atoms with E-state index >= 15 is 0 Å². The molecule has 0 spiro atoms. The number of carbonyl (C=O) groups is 1. The van der Waals surface area contributed by atoms with Gasteiger partial charge in [0.15, 0.2) is 0 Å². The average Bonchev–Trinajstić information content (AvgIpc) is 2.80. The van der Waals surface area contributed by atoms with Crippen molar-refractivity contribution in [2.45, 2.75) is 32.5 Å². The summed E-state index contributed by atoms with van der Waals surface area (Å²) in [5.74, 6) is 0.319. The van der Waals surface area contributed by atoms with Crippen LogP contribution in [0.4, 0.5) is 0 Å². The number of carbonyl (C=O) groups excluding carboxylic acids is 1. The van der Waals surface area contributed by atoms with Gasteiger partial charge in [0, 0.05) is 30.7 Å². The predicted molar refractivity (Wildman–Crippen MR) is 129 cm³/mol. The maximum Gasteiger partial charge on any atom is 0.227 e. The van der Waals surface area contributed by atoms with Crippen molar-refractivity contribution in [2.75, 3.05) is 13.1 Å². The summed E-state index contributed by atoms with van der Waals surface area (Å²) < 4.78 is 1.10. The zero-order valence-electron chi connectivity index (χ0n) is 17.8. The molecule has 4 rings (SSSR count). The second kappa shape index (κ2) is 10.7. The van der Waals surface area contributed by atoms with Gasteiger partial charge in [-0.2, -0.15) is 0 Å². The van der Waals surface area contributed by atoms with Crippen molar-refractivity contribution in [2.24, 2.45) is 5.92 Å². The first-order chi connectivity index (χ1) is 15.2. The van der Waals surface area contributed by atoms with Gasteiger partial charge in [0.25, 0.3) is 0 Å². The van der Waals surface area contributed by atoms with E-state index in [4.69, 9.17) is 0 Å². The van der Waals surface area contributed by atoms with Crippen molar-refractivity contribution in [3.8, 4) is 0 Å². The van der Waals surface area contributed by atoms with Crippen LogP contribution in [0.2, 0.25) is 0 Å². The first kappa shape index (κ1) is 21.8. The van der Waals surface area contributed by atoms with Crippen LogP contribution in [0.25, 0.3) is 0 Å². The molecule has 1 heterocycles. The van der Waals surface area contributed by atoms with Gasteiger partial charge in [-0.3, -0.25) is 9.69 Å². The Hall–Kier alpha value is -2.43. The molecule has 0 N–H and O–H groups in total. The summed E-state index contributed by atoms with van der Waals surface area (Å²) in [7, 11) is 0. The van der Waals surface area contributed by atoms with Crippen LogP contribution in [0, 0.1) is 5.92 Å². The quantitative estimate of drug-likeness (QED) is 0.424. The van der Waals surface area contributed by atoms with E-state index in [1.807, 2.05) is 41.3 Å². The lowest BCUT2D eigenvalue weighted by atomic mass is 9.95. The number of likely N-dealkylation sites (tertiary alicyclic amines) is 1. The van der Waals surface area contributed by atoms with Gasteiger partial charge in [-0.05, 0) is 48.2 Å². The van der Waals surface area contributed by atoms with E-state index < -0.39 is 0 Å². The lowest BCUT2D eigenvalue weighted by molar-refractivity contribution is -0.138. The molecule has 3 nitrogen and oxygen atoms in total. The molecule has 0 saturated carbocycles. The van der Waals surface area contributed by atoms with E-state index in [1.165, 1.54) is 16.7 Å². The third kappa shape index (κ3) is 6.28. The summed E-state index contributed by atoms with van der Waals surface area (Å²) in [5.41, 5.74) is 3.63. The topological polar surface area (TPSA) is 23.6 Å². The van der Waals surface area contributed by atoms with Crippen LogP contribution in [0.5, 0.6) is 0 Å². The molecule has 1 aliphatic rings. The molecule has 1 fully saturated rings. The van der Waals surface area contributed by atoms with Gasteiger partial charge in [-0.25, -0.2) is 0 Å². The Kier molecular flexibility index (Phi) is 7.55. The van der Waals surface area contributed by atoms with Crippen molar-refractivity contribution >= 4 is 21.8 Å². The second-order valence-corrected chi connectivity index (χ2v) is 9.29. The Labute approximate surface area is 193 Å². The van der Waals surface area contributed by atoms with Crippen LogP contribution < -0.4 is 0 Å². The molecule has 160 valence electrons. The summed E-state index contributed by atoms with van der Waals surface area (Å²) in [4.78, 5) is 18.1. The monoisotopic (exact) mass is 476 g/mol. The fourth-order valence-corrected chi connectivity index (χ4v) is 4.82. The summed E-state index contributed by atoms with van der Waals surface area (Å²) in [5, 5.41) is 0. The number of nitrogens with zero attached hydrogens (tertiary/aromatic N) is 2. The molecule has 31 heavy (non-hydrogen) atoms. The summed E-state index contributed by atoms with van der Waals surface area (Å²) in [6.07, 6.45) is 2.03. The summed E-state index contributed by atoms with van der Waals surface area (Å²) >= 11 is 3.56. The van der Waals surface area contributed by atoms with E-state index in [0.717, 1.165) is 36.9 Å². The number of hydrogen-bond acceptors (Lipinski definition) is 2. The maximum atomic E-state index is 13.7. The van der Waals surface area contributed by atoms with Gasteiger partial charge in [-0.15, -0.1) is 0 Å². The van der Waals surface area contributed by atoms with Gasteiger partial charge in [0.1, 0.15) is 0 Å². The van der Waals surface area contributed by atoms with Gasteiger partial charge in [0.05, 0.1) is 5.92 Å². The minimum Gasteiger partial charge on any atom is -0.334 e. The molecule has 4 heteroatoms. The molecule has 1 atom stereocenters. The Morgan fingerprint density at radius 3 is 2.10 bits per heavy atom. The molecule has 1 amide bonds. The van der Waals surface area contributed by atoms with Crippen LogP contribution in [-0.2, 0) is 24.4 Å². The van der Waals surface area contributed by atoms with Gasteiger partial charge >= 0.3 is 0 Å². The zero-order valence-corrected chi connectivity index (χ0v) is 19.4. The van der Waals surface area contributed by atoms with Crippen molar-refractivity contribution in [1.82, 2.24) is 9.80 Å². The number of piperidine rings is 1. The Morgan fingerprint density at radius 2 is 1.48 bits per heavy atom. The molecule has 3 aromatic rings. The van der Waals surface area contributed by atoms with E-state index in [9.17, 15) is 4.79 Å². The number of rotatable bonds is 7. The average molecular weight is 477 g/mol. The molecule has 1 saturated heterocycles. The minimum atomic E-state index is 0.0494. The van der Waals surface area contributed by atoms with Gasteiger partial charge in [-0.1, -0.05) is 88.7 Å². The standard InChI is InChI=1S/C27H29BrN2O/c28-26-15-7-13-24(17-26)18-29-16-8-14-25(21-29)27(31)30(19-22-9-3-1-4-10-22)20-23-11-5-2-6-12-23/h1-7,9-13,15,17,25H,8,14,16,18-21H2. The largest absolute Gasteiger partial charge is 0.334 e. The first-order valence-corrected chi connectivity index (χ1v) is 11.8. The molecule has 0 aromatic heterocycles. The fraction of sp³-hybridized carbons (Fsp3) is 0.296. The molecule has 1 unspecified atom stereocenters. The molecule has 1 aliphatic heterocycles. The Balaban J connectivity index is 1.47. The van der Waals surface area contributed by atoms with Crippen LogP contribution in [0.1, 0.15) is 29.5 Å². The van der Waals surface area contributed by atoms with Gasteiger partial charge < -0.3 is 4.90 Å². The SMILES string of the molecule is O=C(C1CCCN(Cc2cccc(Br)c2)C1)N(Cc1ccccc1)Cc1ccccc1. The van der Waals surface area contributed by atoms with Crippen molar-refractivity contribution in [3.63, 3.8) is 0 Å². The molecule has 0 aliphatic carbocycles. The minimum absolute atomic E-state index is 0.0494. The van der Waals surface area contributed by atoms with Crippen LogP contribution in [-0.4, -0.2) is 28.8 Å². The number of halogens is 1. The molecular formula is C27H29BrN2O. The fourth-order valence-electron chi connectivity index (χ4n) is 4.37. The lowest BCUT2D eigenvalue weighted by Crippen LogP contribution is -2.44. The highest BCUT2D eigenvalue weighted by Gasteiger charge is 2.29. The van der Waals surface area contributed by atoms with E-state index in [1.54, 1.807) is 0 Å². The third-order valence-electron chi connectivity index (χ3n) is 5.89. The normalized spacial score (nSPS) is 16.7. The summed E-state index contributed by atoms with van der Waals surface area (Å²) in [6.45, 7) is 4.06. The van der Waals surface area contributed by atoms with Crippen LogP contribution in [0.15, 0.2) is 89.4 Å². The van der Waals surface area contributed by atoms with Gasteiger partial charge in [0.2, 0.25) is 5.91 Å². The molecule has 0 bridgehead atoms. The van der Waals surface area contributed by atoms with Crippen molar-refractivity contribution < 1.29 is 4.79 Å². The maximum absolute atomic E-state index is 13.7. The Bertz CT molecular complexity index is 935. The van der Waals surface area contributed by atoms with Crippen molar-refractivity contribution in [1.29, 1.82) is 0 Å². The lowest BCUT2D eigenvalue weighted by Gasteiger charge is -2.35. The highest BCUT2D eigenvalue weighted by Crippen LogP contribution is 2.23. The highest BCUT2D eigenvalue weighted by atomic mass is 79.9. The van der Waals surface area contributed by atoms with Crippen LogP contribution in [0.3, 0.4) is 0 Å².